The summed E-state index contributed by atoms with van der Waals surface area (Å²) in [6, 6.07) is 10.2. The molecule has 1 fully saturated rings. The number of hydrogen-bond acceptors (Lipinski definition) is 5. The molecular formula is C18H13BrClNO4S. The second kappa shape index (κ2) is 7.73. The summed E-state index contributed by atoms with van der Waals surface area (Å²) >= 11 is 10.1. The second-order valence-corrected chi connectivity index (χ2v) is 7.79. The van der Waals surface area contributed by atoms with Gasteiger partial charge in [0.1, 0.15) is 0 Å². The molecule has 0 aromatic heterocycles. The summed E-state index contributed by atoms with van der Waals surface area (Å²) in [5.41, 5.74) is 1.14. The van der Waals surface area contributed by atoms with Crippen LogP contribution < -0.4 is 4.74 Å². The summed E-state index contributed by atoms with van der Waals surface area (Å²) < 4.78 is 5.78. The van der Waals surface area contributed by atoms with Crippen LogP contribution in [0.15, 0.2) is 45.8 Å². The van der Waals surface area contributed by atoms with Crippen molar-refractivity contribution in [2.24, 2.45) is 0 Å². The van der Waals surface area contributed by atoms with Gasteiger partial charge in [0.05, 0.1) is 18.6 Å². The summed E-state index contributed by atoms with van der Waals surface area (Å²) in [5.74, 6) is -0.251. The Hall–Kier alpha value is -1.96. The number of nitrogens with zero attached hydrogens (tertiary/aromatic N) is 1. The lowest BCUT2D eigenvalue weighted by Crippen LogP contribution is -2.27. The summed E-state index contributed by atoms with van der Waals surface area (Å²) in [7, 11) is 1.43. The molecule has 0 atom stereocenters. The van der Waals surface area contributed by atoms with Gasteiger partial charge < -0.3 is 9.84 Å². The Bertz CT molecular complexity index is 931. The molecule has 3 rings (SSSR count). The van der Waals surface area contributed by atoms with Crippen molar-refractivity contribution < 1.29 is 19.4 Å². The predicted molar refractivity (Wildman–Crippen MR) is 105 cm³/mol. The fraction of sp³-hybridized carbons (Fsp3) is 0.111. The average molecular weight is 455 g/mol. The molecule has 26 heavy (non-hydrogen) atoms. The number of amides is 2. The highest BCUT2D eigenvalue weighted by atomic mass is 79.9. The molecule has 2 aromatic carbocycles. The van der Waals surface area contributed by atoms with Crippen LogP contribution in [0, 0.1) is 0 Å². The van der Waals surface area contributed by atoms with E-state index in [1.807, 2.05) is 0 Å². The van der Waals surface area contributed by atoms with Crippen LogP contribution in [0.1, 0.15) is 11.1 Å². The number of benzene rings is 2. The first kappa shape index (κ1) is 18.8. The van der Waals surface area contributed by atoms with E-state index < -0.39 is 5.91 Å². The van der Waals surface area contributed by atoms with Gasteiger partial charge in [-0.05, 0) is 47.7 Å². The number of carbonyl (C=O) groups is 2. The van der Waals surface area contributed by atoms with Gasteiger partial charge in [-0.25, -0.2) is 0 Å². The quantitative estimate of drug-likeness (QED) is 0.655. The zero-order valence-corrected chi connectivity index (χ0v) is 16.7. The Morgan fingerprint density at radius 3 is 2.77 bits per heavy atom. The molecule has 0 spiro atoms. The molecule has 0 radical (unpaired) electrons. The third kappa shape index (κ3) is 3.90. The molecule has 0 unspecified atom stereocenters. The number of phenolic OH excluding ortho intramolecular Hbond substituents is 1. The minimum absolute atomic E-state index is 0.0997. The normalized spacial score (nSPS) is 15.8. The molecule has 2 amide bonds. The van der Waals surface area contributed by atoms with Gasteiger partial charge in [-0.1, -0.05) is 39.7 Å². The zero-order valence-electron chi connectivity index (χ0n) is 13.5. The number of aromatic hydroxyl groups is 1. The number of thioether (sulfide) groups is 1. The first-order valence-electron chi connectivity index (χ1n) is 7.45. The molecule has 1 aliphatic rings. The van der Waals surface area contributed by atoms with E-state index in [0.717, 1.165) is 22.2 Å². The van der Waals surface area contributed by atoms with Crippen LogP contribution in [0.5, 0.6) is 11.5 Å². The van der Waals surface area contributed by atoms with Gasteiger partial charge in [0, 0.05) is 15.1 Å². The zero-order chi connectivity index (χ0) is 18.8. The van der Waals surface area contributed by atoms with Gasteiger partial charge in [-0.3, -0.25) is 14.5 Å². The highest BCUT2D eigenvalue weighted by molar-refractivity contribution is 9.10. The van der Waals surface area contributed by atoms with Crippen molar-refractivity contribution in [2.75, 3.05) is 7.11 Å². The Labute approximate surface area is 167 Å². The molecule has 0 saturated carbocycles. The smallest absolute Gasteiger partial charge is 0.293 e. The standard InChI is InChI=1S/C18H13BrClNO4S/c1-25-14-8-12(19)6-11(16(14)22)7-15-17(23)21(18(24)26-15)9-10-3-2-4-13(20)5-10/h2-8,22H,9H2,1H3/b15-7-. The Kier molecular flexibility index (Phi) is 5.60. The van der Waals surface area contributed by atoms with Crippen LogP contribution in [0.4, 0.5) is 4.79 Å². The van der Waals surface area contributed by atoms with Crippen LogP contribution in [-0.4, -0.2) is 28.3 Å². The maximum Gasteiger partial charge on any atom is 0.293 e. The first-order chi connectivity index (χ1) is 12.4. The molecule has 0 bridgehead atoms. The number of halogens is 2. The maximum atomic E-state index is 12.6. The van der Waals surface area contributed by atoms with E-state index in [4.69, 9.17) is 16.3 Å². The van der Waals surface area contributed by atoms with Crippen molar-refractivity contribution in [3.05, 3.63) is 61.9 Å². The Balaban J connectivity index is 1.89. The lowest BCUT2D eigenvalue weighted by Gasteiger charge is -2.12. The van der Waals surface area contributed by atoms with Gasteiger partial charge in [-0.15, -0.1) is 0 Å². The van der Waals surface area contributed by atoms with Gasteiger partial charge in [0.25, 0.3) is 11.1 Å². The van der Waals surface area contributed by atoms with Crippen LogP contribution in [0.2, 0.25) is 5.02 Å². The number of carbonyl (C=O) groups excluding carboxylic acids is 2. The number of methoxy groups -OCH3 is 1. The van der Waals surface area contributed by atoms with Crippen LogP contribution in [-0.2, 0) is 11.3 Å². The number of rotatable bonds is 4. The third-order valence-electron chi connectivity index (χ3n) is 3.68. The molecule has 1 N–H and O–H groups in total. The highest BCUT2D eigenvalue weighted by Crippen LogP contribution is 2.39. The number of imide groups is 1. The van der Waals surface area contributed by atoms with E-state index >= 15 is 0 Å². The molecule has 134 valence electrons. The largest absolute Gasteiger partial charge is 0.504 e. The highest BCUT2D eigenvalue weighted by Gasteiger charge is 2.35. The van der Waals surface area contributed by atoms with Gasteiger partial charge in [0.2, 0.25) is 0 Å². The lowest BCUT2D eigenvalue weighted by atomic mass is 10.1. The summed E-state index contributed by atoms with van der Waals surface area (Å²) in [5, 5.41) is 10.4. The number of ether oxygens (including phenoxy) is 1. The lowest BCUT2D eigenvalue weighted by molar-refractivity contribution is -0.123. The summed E-state index contributed by atoms with van der Waals surface area (Å²) in [6.45, 7) is 0.135. The fourth-order valence-electron chi connectivity index (χ4n) is 2.46. The van der Waals surface area contributed by atoms with Crippen molar-refractivity contribution in [3.63, 3.8) is 0 Å². The molecule has 0 aliphatic carbocycles. The minimum atomic E-state index is -0.418. The molecule has 1 saturated heterocycles. The van der Waals surface area contributed by atoms with Crippen molar-refractivity contribution in [1.82, 2.24) is 4.90 Å². The van der Waals surface area contributed by atoms with Crippen molar-refractivity contribution in [1.29, 1.82) is 0 Å². The second-order valence-electron chi connectivity index (χ2n) is 5.44. The predicted octanol–water partition coefficient (Wildman–Crippen LogP) is 5.05. The van der Waals surface area contributed by atoms with Gasteiger partial charge in [0.15, 0.2) is 11.5 Å². The minimum Gasteiger partial charge on any atom is -0.504 e. The van der Waals surface area contributed by atoms with Crippen LogP contribution in [0.25, 0.3) is 6.08 Å². The van der Waals surface area contributed by atoms with Crippen molar-refractivity contribution >= 4 is 56.5 Å². The summed E-state index contributed by atoms with van der Waals surface area (Å²) in [4.78, 5) is 26.2. The molecule has 8 heteroatoms. The third-order valence-corrected chi connectivity index (χ3v) is 5.28. The van der Waals surface area contributed by atoms with Crippen LogP contribution >= 0.6 is 39.3 Å². The van der Waals surface area contributed by atoms with E-state index in [2.05, 4.69) is 15.9 Å². The topological polar surface area (TPSA) is 66.8 Å². The van der Waals surface area contributed by atoms with Crippen LogP contribution in [0.3, 0.4) is 0 Å². The number of phenols is 1. The average Bonchev–Trinajstić information content (AvgIpc) is 2.85. The van der Waals surface area contributed by atoms with Gasteiger partial charge >= 0.3 is 0 Å². The van der Waals surface area contributed by atoms with E-state index in [0.29, 0.717) is 15.1 Å². The van der Waals surface area contributed by atoms with E-state index in [-0.39, 0.29) is 28.2 Å². The van der Waals surface area contributed by atoms with Crippen molar-refractivity contribution in [3.8, 4) is 11.5 Å². The fourth-order valence-corrected chi connectivity index (χ4v) is 3.95. The summed E-state index contributed by atoms with van der Waals surface area (Å²) in [6.07, 6.45) is 1.48. The van der Waals surface area contributed by atoms with Crippen molar-refractivity contribution in [2.45, 2.75) is 6.54 Å². The first-order valence-corrected chi connectivity index (χ1v) is 9.44. The molecule has 5 nitrogen and oxygen atoms in total. The van der Waals surface area contributed by atoms with Gasteiger partial charge in [-0.2, -0.15) is 0 Å². The van der Waals surface area contributed by atoms with E-state index in [1.54, 1.807) is 36.4 Å². The maximum absolute atomic E-state index is 12.6. The molecule has 2 aromatic rings. The molecule has 1 aliphatic heterocycles. The van der Waals surface area contributed by atoms with E-state index in [1.165, 1.54) is 13.2 Å². The Morgan fingerprint density at radius 2 is 2.08 bits per heavy atom. The number of hydrogen-bond donors (Lipinski definition) is 1. The molecular weight excluding hydrogens is 442 g/mol. The monoisotopic (exact) mass is 453 g/mol. The SMILES string of the molecule is COc1cc(Br)cc(/C=C2\SC(=O)N(Cc3cccc(Cl)c3)C2=O)c1O. The van der Waals surface area contributed by atoms with E-state index in [9.17, 15) is 14.7 Å². The Morgan fingerprint density at radius 1 is 1.31 bits per heavy atom. The molecule has 1 heterocycles.